The van der Waals surface area contributed by atoms with Crippen molar-refractivity contribution in [3.05, 3.63) is 0 Å². The minimum absolute atomic E-state index is 0.120. The fourth-order valence-corrected chi connectivity index (χ4v) is 3.97. The maximum Gasteiger partial charge on any atom is 0.327 e. The van der Waals surface area contributed by atoms with Gasteiger partial charge in [0.2, 0.25) is 10.0 Å². The molecule has 1 unspecified atom stereocenters. The van der Waals surface area contributed by atoms with Gasteiger partial charge in [0, 0.05) is 26.2 Å². The molecule has 18 heavy (non-hydrogen) atoms. The molecule has 2 saturated heterocycles. The number of nitrogens with one attached hydrogen (secondary N) is 1. The maximum absolute atomic E-state index is 12.2. The van der Waals surface area contributed by atoms with Crippen molar-refractivity contribution in [2.24, 2.45) is 0 Å². The van der Waals surface area contributed by atoms with Gasteiger partial charge in [-0.1, -0.05) is 0 Å². The van der Waals surface area contributed by atoms with Gasteiger partial charge in [-0.15, -0.1) is 0 Å². The summed E-state index contributed by atoms with van der Waals surface area (Å²) in [6, 6.07) is 0. The number of sulfonamides is 1. The molecule has 7 nitrogen and oxygen atoms in total. The molecule has 104 valence electrons. The van der Waals surface area contributed by atoms with Gasteiger partial charge in [0.05, 0.1) is 11.9 Å². The molecule has 2 fully saturated rings. The van der Waals surface area contributed by atoms with Crippen LogP contribution in [0.5, 0.6) is 0 Å². The zero-order chi connectivity index (χ0) is 13.2. The van der Waals surface area contributed by atoms with E-state index in [1.54, 1.807) is 0 Å². The third-order valence-electron chi connectivity index (χ3n) is 3.38. The number of carboxylic acids is 1. The molecule has 0 bridgehead atoms. The third-order valence-corrected chi connectivity index (χ3v) is 5.40. The fourth-order valence-electron chi connectivity index (χ4n) is 2.20. The van der Waals surface area contributed by atoms with Crippen LogP contribution in [0.3, 0.4) is 0 Å². The van der Waals surface area contributed by atoms with Crippen LogP contribution >= 0.6 is 0 Å². The topological polar surface area (TPSA) is 102 Å². The molecule has 2 aliphatic rings. The van der Waals surface area contributed by atoms with Crippen molar-refractivity contribution in [2.75, 3.05) is 26.4 Å². The van der Waals surface area contributed by atoms with E-state index < -0.39 is 26.8 Å². The summed E-state index contributed by atoms with van der Waals surface area (Å²) in [5.74, 6) is -1.18. The minimum atomic E-state index is -3.66. The van der Waals surface area contributed by atoms with Crippen molar-refractivity contribution in [1.29, 1.82) is 0 Å². The normalized spacial score (nSPS) is 30.4. The van der Waals surface area contributed by atoms with Crippen LogP contribution in [0.2, 0.25) is 0 Å². The number of aliphatic carboxylic acids is 1. The second-order valence-electron chi connectivity index (χ2n) is 4.65. The average molecular weight is 279 g/mol. The van der Waals surface area contributed by atoms with Gasteiger partial charge in [-0.25, -0.2) is 8.42 Å². The molecule has 0 aromatic heterocycles. The summed E-state index contributed by atoms with van der Waals surface area (Å²) in [6.07, 6.45) is 0.947. The van der Waals surface area contributed by atoms with E-state index in [2.05, 4.69) is 4.72 Å². The van der Waals surface area contributed by atoms with E-state index in [0.29, 0.717) is 26.1 Å². The minimum Gasteiger partial charge on any atom is -0.480 e. The zero-order valence-electron chi connectivity index (χ0n) is 9.92. The van der Waals surface area contributed by atoms with Crippen LogP contribution in [0.15, 0.2) is 0 Å². The van der Waals surface area contributed by atoms with Gasteiger partial charge in [0.15, 0.2) is 5.54 Å². The average Bonchev–Trinajstić information content (AvgIpc) is 2.79. The Hall–Kier alpha value is -0.700. The monoisotopic (exact) mass is 279 g/mol. The lowest BCUT2D eigenvalue weighted by molar-refractivity contribution is -0.144. The van der Waals surface area contributed by atoms with Crippen molar-refractivity contribution in [3.8, 4) is 0 Å². The van der Waals surface area contributed by atoms with Crippen molar-refractivity contribution in [3.63, 3.8) is 0 Å². The maximum atomic E-state index is 12.2. The smallest absolute Gasteiger partial charge is 0.327 e. The van der Waals surface area contributed by atoms with E-state index in [0.717, 1.165) is 0 Å². The van der Waals surface area contributed by atoms with Crippen LogP contribution < -0.4 is 4.72 Å². The lowest BCUT2D eigenvalue weighted by Gasteiger charge is -2.28. The Morgan fingerprint density at radius 1 is 1.22 bits per heavy atom. The molecule has 0 aromatic rings. The van der Waals surface area contributed by atoms with E-state index in [-0.39, 0.29) is 19.6 Å². The Bertz CT molecular complexity index is 408. The number of hydrogen-bond donors (Lipinski definition) is 2. The lowest BCUT2D eigenvalue weighted by Crippen LogP contribution is -2.57. The molecule has 2 N–H and O–H groups in total. The Kier molecular flexibility index (Phi) is 3.90. The molecular formula is C10H17NO6S. The predicted octanol–water partition coefficient (Wildman–Crippen LogP) is -0.671. The van der Waals surface area contributed by atoms with Gasteiger partial charge < -0.3 is 14.6 Å². The Labute approximate surface area is 106 Å². The van der Waals surface area contributed by atoms with Crippen LogP contribution in [0, 0.1) is 0 Å². The van der Waals surface area contributed by atoms with E-state index in [9.17, 15) is 18.3 Å². The van der Waals surface area contributed by atoms with E-state index in [4.69, 9.17) is 9.47 Å². The molecule has 0 amide bonds. The number of hydrogen-bond acceptors (Lipinski definition) is 5. The summed E-state index contributed by atoms with van der Waals surface area (Å²) in [4.78, 5) is 11.3. The van der Waals surface area contributed by atoms with Crippen LogP contribution in [-0.4, -0.2) is 56.7 Å². The highest BCUT2D eigenvalue weighted by Gasteiger charge is 2.47. The highest BCUT2D eigenvalue weighted by molar-refractivity contribution is 7.90. The van der Waals surface area contributed by atoms with Crippen LogP contribution in [0.4, 0.5) is 0 Å². The Morgan fingerprint density at radius 3 is 2.39 bits per heavy atom. The number of carboxylic acid groups (broad SMARTS) is 1. The van der Waals surface area contributed by atoms with Gasteiger partial charge >= 0.3 is 5.97 Å². The fraction of sp³-hybridized carbons (Fsp3) is 0.900. The highest BCUT2D eigenvalue weighted by atomic mass is 32.2. The van der Waals surface area contributed by atoms with Crippen LogP contribution in [-0.2, 0) is 24.3 Å². The molecule has 2 aliphatic heterocycles. The second kappa shape index (κ2) is 5.12. The van der Waals surface area contributed by atoms with Gasteiger partial charge in [-0.3, -0.25) is 4.79 Å². The molecule has 1 atom stereocenters. The van der Waals surface area contributed by atoms with Gasteiger partial charge in [0.1, 0.15) is 0 Å². The summed E-state index contributed by atoms with van der Waals surface area (Å²) < 4.78 is 36.8. The first kappa shape index (κ1) is 13.7. The third kappa shape index (κ3) is 2.66. The van der Waals surface area contributed by atoms with E-state index in [1.165, 1.54) is 0 Å². The van der Waals surface area contributed by atoms with Gasteiger partial charge in [0.25, 0.3) is 0 Å². The first-order valence-electron chi connectivity index (χ1n) is 5.88. The molecule has 0 spiro atoms. The van der Waals surface area contributed by atoms with Crippen LogP contribution in [0.1, 0.15) is 19.3 Å². The highest BCUT2D eigenvalue weighted by Crippen LogP contribution is 2.23. The molecule has 2 heterocycles. The summed E-state index contributed by atoms with van der Waals surface area (Å²) in [7, 11) is -3.66. The summed E-state index contributed by atoms with van der Waals surface area (Å²) in [5, 5.41) is 8.61. The SMILES string of the molecule is O=C(O)C1(NS(=O)(=O)C2CCOCC2)CCOC1. The molecule has 0 radical (unpaired) electrons. The van der Waals surface area contributed by atoms with Crippen molar-refractivity contribution in [2.45, 2.75) is 30.1 Å². The first-order valence-corrected chi connectivity index (χ1v) is 7.43. The molecule has 0 saturated carbocycles. The molecule has 2 rings (SSSR count). The number of rotatable bonds is 4. The first-order chi connectivity index (χ1) is 8.46. The van der Waals surface area contributed by atoms with E-state index >= 15 is 0 Å². The Balaban J connectivity index is 2.12. The molecule has 8 heteroatoms. The van der Waals surface area contributed by atoms with Crippen LogP contribution in [0.25, 0.3) is 0 Å². The summed E-state index contributed by atoms with van der Waals surface area (Å²) >= 11 is 0. The molecule has 0 aromatic carbocycles. The summed E-state index contributed by atoms with van der Waals surface area (Å²) in [5.41, 5.74) is -1.50. The van der Waals surface area contributed by atoms with Gasteiger partial charge in [-0.2, -0.15) is 4.72 Å². The quantitative estimate of drug-likeness (QED) is 0.707. The predicted molar refractivity (Wildman–Crippen MR) is 61.7 cm³/mol. The lowest BCUT2D eigenvalue weighted by atomic mass is 10.0. The zero-order valence-corrected chi connectivity index (χ0v) is 10.7. The largest absolute Gasteiger partial charge is 0.480 e. The Morgan fingerprint density at radius 2 is 1.89 bits per heavy atom. The van der Waals surface area contributed by atoms with E-state index in [1.807, 2.05) is 0 Å². The summed E-state index contributed by atoms with van der Waals surface area (Å²) in [6.45, 7) is 0.914. The van der Waals surface area contributed by atoms with Crippen molar-refractivity contribution < 1.29 is 27.8 Å². The van der Waals surface area contributed by atoms with Crippen molar-refractivity contribution >= 4 is 16.0 Å². The molecular weight excluding hydrogens is 262 g/mol. The number of carbonyl (C=O) groups is 1. The van der Waals surface area contributed by atoms with Gasteiger partial charge in [-0.05, 0) is 12.8 Å². The van der Waals surface area contributed by atoms with Crippen molar-refractivity contribution in [1.82, 2.24) is 4.72 Å². The number of ether oxygens (including phenoxy) is 2. The second-order valence-corrected chi connectivity index (χ2v) is 6.61. The standard InChI is InChI=1S/C10H17NO6S/c12-9(13)10(3-6-17-7-10)11-18(14,15)8-1-4-16-5-2-8/h8,11H,1-7H2,(H,12,13). The molecule has 0 aliphatic carbocycles.